The Bertz CT molecular complexity index is 1130. The molecule has 1 amide bonds. The number of nitrogens with one attached hydrogen (secondary N) is 1. The average Bonchev–Trinajstić information content (AvgIpc) is 3.24. The summed E-state index contributed by atoms with van der Waals surface area (Å²) in [6.45, 7) is 0.542. The van der Waals surface area contributed by atoms with Gasteiger partial charge in [0.2, 0.25) is 0 Å². The number of aromatic nitrogens is 3. The van der Waals surface area contributed by atoms with Gasteiger partial charge in [0.25, 0.3) is 0 Å². The smallest absolute Gasteiger partial charge is 0.407 e. The third kappa shape index (κ3) is 6.59. The lowest BCUT2D eigenvalue weighted by Gasteiger charge is -2.27. The van der Waals surface area contributed by atoms with Crippen molar-refractivity contribution in [2.75, 3.05) is 6.61 Å². The molecule has 4 rings (SSSR count). The zero-order valence-electron chi connectivity index (χ0n) is 19.7. The third-order valence-electron chi connectivity index (χ3n) is 6.22. The van der Waals surface area contributed by atoms with Crippen LogP contribution in [-0.2, 0) is 29.5 Å². The summed E-state index contributed by atoms with van der Waals surface area (Å²) in [6.07, 6.45) is 6.28. The molecule has 1 aliphatic rings. The molecule has 2 N–H and O–H groups in total. The fourth-order valence-corrected chi connectivity index (χ4v) is 4.28. The minimum atomic E-state index is -0.760. The van der Waals surface area contributed by atoms with E-state index >= 15 is 0 Å². The van der Waals surface area contributed by atoms with Crippen LogP contribution in [0.4, 0.5) is 4.79 Å². The van der Waals surface area contributed by atoms with Crippen LogP contribution in [0.1, 0.15) is 36.9 Å². The maximum Gasteiger partial charge on any atom is 0.407 e. The highest BCUT2D eigenvalue weighted by molar-refractivity contribution is 5.70. The van der Waals surface area contributed by atoms with Gasteiger partial charge in [-0.2, -0.15) is 5.10 Å². The van der Waals surface area contributed by atoms with E-state index in [0.29, 0.717) is 37.3 Å². The van der Waals surface area contributed by atoms with E-state index in [-0.39, 0.29) is 18.6 Å². The van der Waals surface area contributed by atoms with Crippen LogP contribution in [0, 0.1) is 5.92 Å². The van der Waals surface area contributed by atoms with Crippen molar-refractivity contribution >= 4 is 12.1 Å². The van der Waals surface area contributed by atoms with Crippen molar-refractivity contribution in [3.63, 3.8) is 0 Å². The molecular formula is C26H30N4O5. The Hall–Kier alpha value is -3.88. The number of nitrogens with zero attached hydrogens (tertiary/aromatic N) is 3. The molecule has 2 aromatic heterocycles. The van der Waals surface area contributed by atoms with Crippen molar-refractivity contribution in [3.05, 3.63) is 66.1 Å². The number of hydrogen-bond donors (Lipinski definition) is 2. The highest BCUT2D eigenvalue weighted by Gasteiger charge is 2.28. The molecule has 0 aliphatic heterocycles. The highest BCUT2D eigenvalue weighted by Crippen LogP contribution is 2.29. The van der Waals surface area contributed by atoms with E-state index in [1.54, 1.807) is 24.1 Å². The molecule has 1 aliphatic carbocycles. The number of carboxylic acid groups (broad SMARTS) is 1. The zero-order chi connectivity index (χ0) is 24.6. The Morgan fingerprint density at radius 2 is 1.97 bits per heavy atom. The normalized spacial score (nSPS) is 17.5. The molecule has 2 atom stereocenters. The molecule has 1 fully saturated rings. The number of carbonyl (C=O) groups excluding carboxylic acids is 1. The van der Waals surface area contributed by atoms with E-state index in [1.165, 1.54) is 0 Å². The van der Waals surface area contributed by atoms with Crippen molar-refractivity contribution in [2.24, 2.45) is 13.0 Å². The van der Waals surface area contributed by atoms with E-state index in [1.807, 2.05) is 42.5 Å². The van der Waals surface area contributed by atoms with Crippen molar-refractivity contribution in [1.29, 1.82) is 0 Å². The van der Waals surface area contributed by atoms with Gasteiger partial charge in [-0.05, 0) is 43.4 Å². The first-order valence-corrected chi connectivity index (χ1v) is 11.8. The summed E-state index contributed by atoms with van der Waals surface area (Å²) < 4.78 is 13.0. The lowest BCUT2D eigenvalue weighted by atomic mass is 9.87. The van der Waals surface area contributed by atoms with Gasteiger partial charge in [0.1, 0.15) is 5.75 Å². The molecule has 0 radical (unpaired) electrons. The molecule has 9 nitrogen and oxygen atoms in total. The fraction of sp³-hybridized carbons (Fsp3) is 0.385. The standard InChI is InChI=1S/C26H30N4O5/c1-30-24(17-28-26(33)34-13-12-18-6-3-2-4-7-18)22(16-29-30)23-11-10-21(15-27-23)35-20-9-5-8-19(14-20)25(31)32/h2-4,6-7,10-11,15-16,19-20H,5,8-9,12-14,17H2,1H3,(H,28,33)(H,31,32)/t19?,20-/m0/s1. The predicted octanol–water partition coefficient (Wildman–Crippen LogP) is 3.97. The number of carboxylic acids is 1. The third-order valence-corrected chi connectivity index (χ3v) is 6.22. The number of pyridine rings is 1. The lowest BCUT2D eigenvalue weighted by molar-refractivity contribution is -0.143. The van der Waals surface area contributed by atoms with E-state index in [9.17, 15) is 14.7 Å². The quantitative estimate of drug-likeness (QED) is 0.478. The number of hydrogen-bond acceptors (Lipinski definition) is 6. The Kier molecular flexibility index (Phi) is 7.97. The van der Waals surface area contributed by atoms with E-state index in [0.717, 1.165) is 29.7 Å². The number of ether oxygens (including phenoxy) is 2. The Morgan fingerprint density at radius 3 is 2.71 bits per heavy atom. The summed E-state index contributed by atoms with van der Waals surface area (Å²) in [5.41, 5.74) is 3.40. The number of carbonyl (C=O) groups is 2. The van der Waals surface area contributed by atoms with Crippen molar-refractivity contribution in [3.8, 4) is 17.0 Å². The summed E-state index contributed by atoms with van der Waals surface area (Å²) in [6, 6.07) is 13.5. The van der Waals surface area contributed by atoms with Gasteiger partial charge >= 0.3 is 12.1 Å². The van der Waals surface area contributed by atoms with Crippen LogP contribution < -0.4 is 10.1 Å². The van der Waals surface area contributed by atoms with Gasteiger partial charge in [-0.25, -0.2) is 4.79 Å². The first kappa shape index (κ1) is 24.3. The topological polar surface area (TPSA) is 116 Å². The van der Waals surface area contributed by atoms with Gasteiger partial charge in [-0.1, -0.05) is 30.3 Å². The van der Waals surface area contributed by atoms with Gasteiger partial charge < -0.3 is 19.9 Å². The second-order valence-electron chi connectivity index (χ2n) is 8.67. The molecule has 184 valence electrons. The molecule has 2 heterocycles. The van der Waals surface area contributed by atoms with Gasteiger partial charge in [-0.15, -0.1) is 0 Å². The Balaban J connectivity index is 1.31. The van der Waals surface area contributed by atoms with Crippen LogP contribution >= 0.6 is 0 Å². The highest BCUT2D eigenvalue weighted by atomic mass is 16.5. The van der Waals surface area contributed by atoms with Crippen LogP contribution in [0.25, 0.3) is 11.3 Å². The molecule has 1 aromatic carbocycles. The first-order valence-electron chi connectivity index (χ1n) is 11.8. The van der Waals surface area contributed by atoms with Gasteiger partial charge in [0.05, 0.1) is 49.0 Å². The number of alkyl carbamates (subject to hydrolysis) is 1. The van der Waals surface area contributed by atoms with E-state index in [4.69, 9.17) is 9.47 Å². The second kappa shape index (κ2) is 11.5. The van der Waals surface area contributed by atoms with E-state index < -0.39 is 12.1 Å². The van der Waals surface area contributed by atoms with Crippen LogP contribution in [-0.4, -0.2) is 44.6 Å². The van der Waals surface area contributed by atoms with Crippen molar-refractivity contribution < 1.29 is 24.2 Å². The number of benzene rings is 1. The molecule has 0 saturated heterocycles. The zero-order valence-corrected chi connectivity index (χ0v) is 19.7. The number of aryl methyl sites for hydroxylation is 1. The van der Waals surface area contributed by atoms with Crippen LogP contribution in [0.5, 0.6) is 5.75 Å². The number of amides is 1. The SMILES string of the molecule is Cn1ncc(-c2ccc(O[C@H]3CCCC(C(=O)O)C3)cn2)c1CNC(=O)OCCc1ccccc1. The minimum Gasteiger partial charge on any atom is -0.489 e. The largest absolute Gasteiger partial charge is 0.489 e. The van der Waals surface area contributed by atoms with Crippen LogP contribution in [0.2, 0.25) is 0 Å². The molecule has 1 unspecified atom stereocenters. The molecule has 1 saturated carbocycles. The van der Waals surface area contributed by atoms with Gasteiger partial charge in [0.15, 0.2) is 0 Å². The maximum absolute atomic E-state index is 12.2. The van der Waals surface area contributed by atoms with Crippen LogP contribution in [0.15, 0.2) is 54.9 Å². The van der Waals surface area contributed by atoms with Crippen molar-refractivity contribution in [1.82, 2.24) is 20.1 Å². The Morgan fingerprint density at radius 1 is 1.14 bits per heavy atom. The summed E-state index contributed by atoms with van der Waals surface area (Å²) >= 11 is 0. The first-order chi connectivity index (χ1) is 17.0. The molecule has 9 heteroatoms. The van der Waals surface area contributed by atoms with Gasteiger partial charge in [0, 0.05) is 19.0 Å². The number of aliphatic carboxylic acids is 1. The lowest BCUT2D eigenvalue weighted by Crippen LogP contribution is -2.29. The van der Waals surface area contributed by atoms with Gasteiger partial charge in [-0.3, -0.25) is 14.5 Å². The molecule has 35 heavy (non-hydrogen) atoms. The average molecular weight is 479 g/mol. The minimum absolute atomic E-state index is 0.122. The fourth-order valence-electron chi connectivity index (χ4n) is 4.28. The van der Waals surface area contributed by atoms with Crippen LogP contribution in [0.3, 0.4) is 0 Å². The summed E-state index contributed by atoms with van der Waals surface area (Å²) in [5, 5.41) is 16.4. The van der Waals surface area contributed by atoms with E-state index in [2.05, 4.69) is 15.4 Å². The predicted molar refractivity (Wildman–Crippen MR) is 129 cm³/mol. The molecule has 0 bridgehead atoms. The monoisotopic (exact) mass is 478 g/mol. The number of rotatable bonds is 9. The Labute approximate surface area is 204 Å². The maximum atomic E-state index is 12.2. The van der Waals surface area contributed by atoms with Crippen molar-refractivity contribution in [2.45, 2.75) is 44.8 Å². The summed E-state index contributed by atoms with van der Waals surface area (Å²) in [4.78, 5) is 28.0. The molecule has 0 spiro atoms. The summed E-state index contributed by atoms with van der Waals surface area (Å²) in [5.74, 6) is -0.503. The molecule has 3 aromatic rings. The summed E-state index contributed by atoms with van der Waals surface area (Å²) in [7, 11) is 1.81. The molecular weight excluding hydrogens is 448 g/mol. The second-order valence-corrected chi connectivity index (χ2v) is 8.67.